The molecule has 0 spiro atoms. The molecule has 2 atom stereocenters. The number of carbonyl (C=O) groups excluding carboxylic acids is 1. The van der Waals surface area contributed by atoms with Gasteiger partial charge in [0.15, 0.2) is 0 Å². The zero-order valence-corrected chi connectivity index (χ0v) is 18.0. The van der Waals surface area contributed by atoms with Gasteiger partial charge >= 0.3 is 0 Å². The first-order valence-electron chi connectivity index (χ1n) is 9.58. The van der Waals surface area contributed by atoms with E-state index in [1.165, 1.54) is 23.5 Å². The standard InChI is InChI=1S/C21H23N3O3S2/c1-14-9-15(2)12-24(11-14)29(26,27)18-6-3-16(4-7-18)21(25)23-17-5-8-19-20(10-17)28-13-22-19/h3-8,10,13-15H,9,11-12H2,1-2H3,(H,23,25)/t14-,15+. The van der Waals surface area contributed by atoms with Crippen molar-refractivity contribution in [3.8, 4) is 0 Å². The second kappa shape index (κ2) is 7.85. The number of piperidine rings is 1. The molecule has 0 unspecified atom stereocenters. The third kappa shape index (κ3) is 4.19. The van der Waals surface area contributed by atoms with Gasteiger partial charge in [-0.05, 0) is 60.7 Å². The summed E-state index contributed by atoms with van der Waals surface area (Å²) < 4.78 is 28.5. The van der Waals surface area contributed by atoms with E-state index in [1.807, 2.05) is 12.1 Å². The Morgan fingerprint density at radius 3 is 2.48 bits per heavy atom. The van der Waals surface area contributed by atoms with Gasteiger partial charge < -0.3 is 5.32 Å². The minimum Gasteiger partial charge on any atom is -0.322 e. The number of nitrogens with zero attached hydrogens (tertiary/aromatic N) is 2. The van der Waals surface area contributed by atoms with Crippen molar-refractivity contribution >= 4 is 43.2 Å². The first-order valence-corrected chi connectivity index (χ1v) is 11.9. The van der Waals surface area contributed by atoms with E-state index in [2.05, 4.69) is 24.1 Å². The molecule has 0 radical (unpaired) electrons. The van der Waals surface area contributed by atoms with Crippen molar-refractivity contribution < 1.29 is 13.2 Å². The first-order chi connectivity index (χ1) is 13.8. The predicted octanol–water partition coefficient (Wildman–Crippen LogP) is 4.22. The number of rotatable bonds is 4. The normalized spacial score (nSPS) is 20.6. The molecule has 29 heavy (non-hydrogen) atoms. The minimum absolute atomic E-state index is 0.224. The first kappa shape index (κ1) is 20.0. The van der Waals surface area contributed by atoms with Gasteiger partial charge in [0, 0.05) is 24.3 Å². The molecule has 3 aromatic rings. The van der Waals surface area contributed by atoms with Gasteiger partial charge in [0.2, 0.25) is 10.0 Å². The Balaban J connectivity index is 1.50. The second-order valence-electron chi connectivity index (χ2n) is 7.78. The molecule has 4 rings (SSSR count). The quantitative estimate of drug-likeness (QED) is 0.674. The Morgan fingerprint density at radius 2 is 1.79 bits per heavy atom. The Kier molecular flexibility index (Phi) is 5.42. The van der Waals surface area contributed by atoms with E-state index in [-0.39, 0.29) is 10.8 Å². The summed E-state index contributed by atoms with van der Waals surface area (Å²) in [4.78, 5) is 17.0. The highest BCUT2D eigenvalue weighted by Gasteiger charge is 2.31. The molecule has 152 valence electrons. The summed E-state index contributed by atoms with van der Waals surface area (Å²) in [6, 6.07) is 11.7. The average molecular weight is 430 g/mol. The molecule has 1 amide bonds. The summed E-state index contributed by atoms with van der Waals surface area (Å²) in [6.45, 7) is 5.23. The van der Waals surface area contributed by atoms with Crippen molar-refractivity contribution in [2.45, 2.75) is 25.2 Å². The van der Waals surface area contributed by atoms with E-state index in [0.717, 1.165) is 16.6 Å². The fourth-order valence-electron chi connectivity index (χ4n) is 3.87. The van der Waals surface area contributed by atoms with Crippen LogP contribution in [0.4, 0.5) is 5.69 Å². The van der Waals surface area contributed by atoms with Crippen LogP contribution in [0.3, 0.4) is 0 Å². The number of nitrogens with one attached hydrogen (secondary N) is 1. The second-order valence-corrected chi connectivity index (χ2v) is 10.6. The largest absolute Gasteiger partial charge is 0.322 e. The number of hydrogen-bond acceptors (Lipinski definition) is 5. The number of thiazole rings is 1. The number of hydrogen-bond donors (Lipinski definition) is 1. The molecular weight excluding hydrogens is 406 g/mol. The van der Waals surface area contributed by atoms with Crippen LogP contribution in [0.15, 0.2) is 52.9 Å². The molecule has 1 fully saturated rings. The Morgan fingerprint density at radius 1 is 1.10 bits per heavy atom. The smallest absolute Gasteiger partial charge is 0.255 e. The number of anilines is 1. The fourth-order valence-corrected chi connectivity index (χ4v) is 6.26. The lowest BCUT2D eigenvalue weighted by atomic mass is 9.94. The SMILES string of the molecule is C[C@@H]1C[C@H](C)CN(S(=O)(=O)c2ccc(C(=O)Nc3ccc4ncsc4c3)cc2)C1. The Bertz CT molecular complexity index is 1130. The summed E-state index contributed by atoms with van der Waals surface area (Å²) in [5, 5.41) is 2.85. The maximum absolute atomic E-state index is 13.0. The number of carbonyl (C=O) groups is 1. The molecule has 8 heteroatoms. The molecule has 1 aliphatic rings. The lowest BCUT2D eigenvalue weighted by Crippen LogP contribution is -2.42. The van der Waals surface area contributed by atoms with Crippen LogP contribution in [0, 0.1) is 11.8 Å². The zero-order valence-electron chi connectivity index (χ0n) is 16.3. The summed E-state index contributed by atoms with van der Waals surface area (Å²) in [7, 11) is -3.55. The van der Waals surface area contributed by atoms with Crippen LogP contribution in [-0.4, -0.2) is 36.7 Å². The number of aromatic nitrogens is 1. The maximum Gasteiger partial charge on any atom is 0.255 e. The molecular formula is C21H23N3O3S2. The van der Waals surface area contributed by atoms with Gasteiger partial charge in [-0.3, -0.25) is 4.79 Å². The van der Waals surface area contributed by atoms with Gasteiger partial charge in [-0.25, -0.2) is 13.4 Å². The molecule has 6 nitrogen and oxygen atoms in total. The van der Waals surface area contributed by atoms with Gasteiger partial charge in [0.1, 0.15) is 0 Å². The van der Waals surface area contributed by atoms with Gasteiger partial charge in [0.05, 0.1) is 20.6 Å². The van der Waals surface area contributed by atoms with Crippen LogP contribution < -0.4 is 5.32 Å². The molecule has 0 aliphatic carbocycles. The lowest BCUT2D eigenvalue weighted by molar-refractivity contribution is 0.102. The summed E-state index contributed by atoms with van der Waals surface area (Å²) >= 11 is 1.51. The van der Waals surface area contributed by atoms with Crippen LogP contribution in [0.5, 0.6) is 0 Å². The topological polar surface area (TPSA) is 79.4 Å². The molecule has 0 bridgehead atoms. The van der Waals surface area contributed by atoms with E-state index < -0.39 is 10.0 Å². The summed E-state index contributed by atoms with van der Waals surface area (Å²) in [5.41, 5.74) is 3.75. The van der Waals surface area contributed by atoms with Crippen LogP contribution >= 0.6 is 11.3 Å². The van der Waals surface area contributed by atoms with Gasteiger partial charge in [-0.2, -0.15) is 4.31 Å². The average Bonchev–Trinajstić information content (AvgIpc) is 3.15. The van der Waals surface area contributed by atoms with Gasteiger partial charge in [-0.1, -0.05) is 13.8 Å². The predicted molar refractivity (Wildman–Crippen MR) is 116 cm³/mol. The van der Waals surface area contributed by atoms with Crippen molar-refractivity contribution in [3.63, 3.8) is 0 Å². The zero-order chi connectivity index (χ0) is 20.6. The van der Waals surface area contributed by atoms with Crippen molar-refractivity contribution in [1.29, 1.82) is 0 Å². The van der Waals surface area contributed by atoms with E-state index in [1.54, 1.807) is 28.0 Å². The van der Waals surface area contributed by atoms with Crippen LogP contribution in [0.2, 0.25) is 0 Å². The lowest BCUT2D eigenvalue weighted by Gasteiger charge is -2.34. The monoisotopic (exact) mass is 429 g/mol. The van der Waals surface area contributed by atoms with E-state index in [0.29, 0.717) is 36.2 Å². The maximum atomic E-state index is 13.0. The summed E-state index contributed by atoms with van der Waals surface area (Å²) in [6.07, 6.45) is 1.04. The van der Waals surface area contributed by atoms with E-state index >= 15 is 0 Å². The molecule has 0 saturated carbocycles. The molecule has 2 aromatic carbocycles. The van der Waals surface area contributed by atoms with Crippen molar-refractivity contribution in [3.05, 3.63) is 53.5 Å². The van der Waals surface area contributed by atoms with Gasteiger partial charge in [-0.15, -0.1) is 11.3 Å². The Hall–Kier alpha value is -2.29. The van der Waals surface area contributed by atoms with E-state index in [9.17, 15) is 13.2 Å². The van der Waals surface area contributed by atoms with Gasteiger partial charge in [0.25, 0.3) is 5.91 Å². The van der Waals surface area contributed by atoms with Crippen LogP contribution in [0.1, 0.15) is 30.6 Å². The third-order valence-electron chi connectivity index (χ3n) is 5.18. The highest BCUT2D eigenvalue weighted by molar-refractivity contribution is 7.89. The molecule has 1 aliphatic heterocycles. The molecule has 1 aromatic heterocycles. The van der Waals surface area contributed by atoms with Crippen molar-refractivity contribution in [2.24, 2.45) is 11.8 Å². The molecule has 2 heterocycles. The fraction of sp³-hybridized carbons (Fsp3) is 0.333. The van der Waals surface area contributed by atoms with Crippen LogP contribution in [-0.2, 0) is 10.0 Å². The van der Waals surface area contributed by atoms with Crippen LogP contribution in [0.25, 0.3) is 10.2 Å². The summed E-state index contributed by atoms with van der Waals surface area (Å²) in [5.74, 6) is 0.405. The molecule has 1 N–H and O–H groups in total. The third-order valence-corrected chi connectivity index (χ3v) is 7.82. The van der Waals surface area contributed by atoms with Crippen molar-refractivity contribution in [2.75, 3.05) is 18.4 Å². The highest BCUT2D eigenvalue weighted by atomic mass is 32.2. The number of amides is 1. The minimum atomic E-state index is -3.55. The van der Waals surface area contributed by atoms with E-state index in [4.69, 9.17) is 0 Å². The number of sulfonamides is 1. The number of fused-ring (bicyclic) bond motifs is 1. The molecule has 1 saturated heterocycles. The number of benzene rings is 2. The Labute approximate surface area is 174 Å². The van der Waals surface area contributed by atoms with Crippen molar-refractivity contribution in [1.82, 2.24) is 9.29 Å². The highest BCUT2D eigenvalue weighted by Crippen LogP contribution is 2.27.